The minimum Gasteiger partial charge on any atom is -0.356 e. The van der Waals surface area contributed by atoms with Crippen LogP contribution in [0.15, 0.2) is 0 Å². The molecule has 2 saturated heterocycles. The Kier molecular flexibility index (Phi) is 5.08. The van der Waals surface area contributed by atoms with E-state index in [1.807, 2.05) is 0 Å². The van der Waals surface area contributed by atoms with Gasteiger partial charge in [-0.1, -0.05) is 13.8 Å². The molecule has 1 saturated carbocycles. The predicted octanol–water partition coefficient (Wildman–Crippen LogP) is 1.86. The second-order valence-corrected chi connectivity index (χ2v) is 8.22. The van der Waals surface area contributed by atoms with E-state index in [4.69, 9.17) is 0 Å². The van der Waals surface area contributed by atoms with Crippen LogP contribution >= 0.6 is 0 Å². The standard InChI is InChI=1S/C18H33N3O/c1-14-10-15(2)13-21(12-14)9-3-6-20-17(22)16-11-18(16)4-7-19-8-5-18/h14-16,19H,3-13H2,1-2H3,(H,20,22). The van der Waals surface area contributed by atoms with E-state index in [2.05, 4.69) is 29.4 Å². The molecule has 3 atom stereocenters. The summed E-state index contributed by atoms with van der Waals surface area (Å²) >= 11 is 0. The Morgan fingerprint density at radius 1 is 1.23 bits per heavy atom. The zero-order valence-corrected chi connectivity index (χ0v) is 14.4. The van der Waals surface area contributed by atoms with Gasteiger partial charge in [0.05, 0.1) is 0 Å². The lowest BCUT2D eigenvalue weighted by atomic mass is 9.91. The summed E-state index contributed by atoms with van der Waals surface area (Å²) in [4.78, 5) is 14.9. The van der Waals surface area contributed by atoms with E-state index in [0.717, 1.165) is 50.9 Å². The minimum atomic E-state index is 0.310. The van der Waals surface area contributed by atoms with Crippen LogP contribution in [0.2, 0.25) is 0 Å². The molecule has 0 aromatic carbocycles. The summed E-state index contributed by atoms with van der Waals surface area (Å²) in [6.07, 6.45) is 5.96. The van der Waals surface area contributed by atoms with Crippen molar-refractivity contribution in [2.75, 3.05) is 39.3 Å². The molecule has 1 spiro atoms. The van der Waals surface area contributed by atoms with Gasteiger partial charge >= 0.3 is 0 Å². The van der Waals surface area contributed by atoms with Crippen molar-refractivity contribution in [3.05, 3.63) is 0 Å². The van der Waals surface area contributed by atoms with Gasteiger partial charge < -0.3 is 15.5 Å². The fraction of sp³-hybridized carbons (Fsp3) is 0.944. The summed E-state index contributed by atoms with van der Waals surface area (Å²) < 4.78 is 0. The molecule has 0 bridgehead atoms. The third-order valence-corrected chi connectivity index (χ3v) is 6.00. The van der Waals surface area contributed by atoms with E-state index in [1.165, 1.54) is 32.4 Å². The Balaban J connectivity index is 1.31. The largest absolute Gasteiger partial charge is 0.356 e. The molecule has 1 aliphatic carbocycles. The Morgan fingerprint density at radius 3 is 2.59 bits per heavy atom. The summed E-state index contributed by atoms with van der Waals surface area (Å²) in [5.74, 6) is 2.28. The second-order valence-electron chi connectivity index (χ2n) is 8.22. The van der Waals surface area contributed by atoms with Crippen molar-refractivity contribution in [1.82, 2.24) is 15.5 Å². The first-order chi connectivity index (χ1) is 10.6. The molecule has 126 valence electrons. The maximum absolute atomic E-state index is 12.3. The van der Waals surface area contributed by atoms with Crippen LogP contribution in [0.3, 0.4) is 0 Å². The second kappa shape index (κ2) is 6.88. The molecule has 4 heteroatoms. The molecular weight excluding hydrogens is 274 g/mol. The Bertz CT molecular complexity index is 382. The van der Waals surface area contributed by atoms with E-state index >= 15 is 0 Å². The number of piperidine rings is 2. The summed E-state index contributed by atoms with van der Waals surface area (Å²) in [6.45, 7) is 11.3. The summed E-state index contributed by atoms with van der Waals surface area (Å²) in [7, 11) is 0. The molecule has 1 amide bonds. The molecule has 3 rings (SSSR count). The van der Waals surface area contributed by atoms with Gasteiger partial charge in [0, 0.05) is 25.6 Å². The number of nitrogens with one attached hydrogen (secondary N) is 2. The highest BCUT2D eigenvalue weighted by molar-refractivity contribution is 5.82. The molecule has 0 radical (unpaired) electrons. The van der Waals surface area contributed by atoms with Crippen molar-refractivity contribution in [1.29, 1.82) is 0 Å². The van der Waals surface area contributed by atoms with Crippen molar-refractivity contribution in [3.8, 4) is 0 Å². The smallest absolute Gasteiger partial charge is 0.223 e. The van der Waals surface area contributed by atoms with Gasteiger partial charge in [0.15, 0.2) is 0 Å². The molecule has 3 fully saturated rings. The van der Waals surface area contributed by atoms with Crippen LogP contribution in [0.25, 0.3) is 0 Å². The van der Waals surface area contributed by atoms with Crippen molar-refractivity contribution >= 4 is 5.91 Å². The fourth-order valence-electron chi connectivity index (χ4n) is 4.81. The number of hydrogen-bond donors (Lipinski definition) is 2. The number of likely N-dealkylation sites (tertiary alicyclic amines) is 1. The fourth-order valence-corrected chi connectivity index (χ4v) is 4.81. The molecule has 3 unspecified atom stereocenters. The van der Waals surface area contributed by atoms with Crippen LogP contribution < -0.4 is 10.6 Å². The van der Waals surface area contributed by atoms with Crippen LogP contribution in [0.5, 0.6) is 0 Å². The topological polar surface area (TPSA) is 44.4 Å². The van der Waals surface area contributed by atoms with E-state index in [1.54, 1.807) is 0 Å². The number of nitrogens with zero attached hydrogens (tertiary/aromatic N) is 1. The van der Waals surface area contributed by atoms with Crippen LogP contribution in [0.1, 0.15) is 46.0 Å². The summed E-state index contributed by atoms with van der Waals surface area (Å²) in [6, 6.07) is 0. The summed E-state index contributed by atoms with van der Waals surface area (Å²) in [5.41, 5.74) is 0.368. The van der Waals surface area contributed by atoms with Gasteiger partial charge in [-0.05, 0) is 69.0 Å². The van der Waals surface area contributed by atoms with Gasteiger partial charge in [0.25, 0.3) is 0 Å². The summed E-state index contributed by atoms with van der Waals surface area (Å²) in [5, 5.41) is 6.59. The Morgan fingerprint density at radius 2 is 1.91 bits per heavy atom. The first-order valence-electron chi connectivity index (χ1n) is 9.30. The van der Waals surface area contributed by atoms with E-state index < -0.39 is 0 Å². The lowest BCUT2D eigenvalue weighted by molar-refractivity contribution is -0.123. The Labute approximate surface area is 135 Å². The van der Waals surface area contributed by atoms with Gasteiger partial charge in [0.1, 0.15) is 0 Å². The van der Waals surface area contributed by atoms with Gasteiger partial charge in [-0.3, -0.25) is 4.79 Å². The van der Waals surface area contributed by atoms with Gasteiger partial charge in [-0.25, -0.2) is 0 Å². The highest BCUT2D eigenvalue weighted by atomic mass is 16.2. The van der Waals surface area contributed by atoms with Gasteiger partial charge in [-0.2, -0.15) is 0 Å². The minimum absolute atomic E-state index is 0.310. The van der Waals surface area contributed by atoms with Gasteiger partial charge in [-0.15, -0.1) is 0 Å². The molecule has 0 aromatic rings. The third kappa shape index (κ3) is 3.83. The van der Waals surface area contributed by atoms with Crippen LogP contribution in [-0.2, 0) is 4.79 Å². The van der Waals surface area contributed by atoms with Crippen molar-refractivity contribution in [3.63, 3.8) is 0 Å². The molecular formula is C18H33N3O. The van der Waals surface area contributed by atoms with Crippen molar-refractivity contribution < 1.29 is 4.79 Å². The first kappa shape index (κ1) is 16.3. The molecule has 3 aliphatic rings. The average Bonchev–Trinajstić information content (AvgIpc) is 3.16. The van der Waals surface area contributed by atoms with Crippen molar-refractivity contribution in [2.45, 2.75) is 46.0 Å². The quantitative estimate of drug-likeness (QED) is 0.762. The molecule has 4 nitrogen and oxygen atoms in total. The number of carbonyl (C=O) groups is 1. The maximum Gasteiger partial charge on any atom is 0.223 e. The van der Waals surface area contributed by atoms with Crippen LogP contribution in [0, 0.1) is 23.2 Å². The number of carbonyl (C=O) groups excluding carboxylic acids is 1. The third-order valence-electron chi connectivity index (χ3n) is 6.00. The van der Waals surface area contributed by atoms with Crippen molar-refractivity contribution in [2.24, 2.45) is 23.2 Å². The molecule has 0 aromatic heterocycles. The zero-order chi connectivity index (χ0) is 15.6. The van der Waals surface area contributed by atoms with E-state index in [0.29, 0.717) is 17.2 Å². The number of rotatable bonds is 5. The number of hydrogen-bond acceptors (Lipinski definition) is 3. The SMILES string of the molecule is CC1CC(C)CN(CCCNC(=O)C2CC23CCNCC3)C1. The maximum atomic E-state index is 12.3. The molecule has 2 N–H and O–H groups in total. The normalized spacial score (nSPS) is 34.5. The van der Waals surface area contributed by atoms with E-state index in [9.17, 15) is 4.79 Å². The predicted molar refractivity (Wildman–Crippen MR) is 89.7 cm³/mol. The average molecular weight is 307 g/mol. The van der Waals surface area contributed by atoms with E-state index in [-0.39, 0.29) is 0 Å². The highest BCUT2D eigenvalue weighted by Gasteiger charge is 2.57. The monoisotopic (exact) mass is 307 g/mol. The zero-order valence-electron chi connectivity index (χ0n) is 14.4. The van der Waals surface area contributed by atoms with Gasteiger partial charge in [0.2, 0.25) is 5.91 Å². The Hall–Kier alpha value is -0.610. The lowest BCUT2D eigenvalue weighted by Crippen LogP contribution is -2.40. The van der Waals surface area contributed by atoms with Crippen LogP contribution in [-0.4, -0.2) is 50.1 Å². The molecule has 2 heterocycles. The highest BCUT2D eigenvalue weighted by Crippen LogP contribution is 2.58. The first-order valence-corrected chi connectivity index (χ1v) is 9.30. The molecule has 2 aliphatic heterocycles. The number of amides is 1. The lowest BCUT2D eigenvalue weighted by Gasteiger charge is -2.34. The molecule has 22 heavy (non-hydrogen) atoms. The van der Waals surface area contributed by atoms with Crippen LogP contribution in [0.4, 0.5) is 0 Å².